The fourth-order valence-corrected chi connectivity index (χ4v) is 4.37. The van der Waals surface area contributed by atoms with Crippen molar-refractivity contribution in [3.8, 4) is 0 Å². The number of rotatable bonds is 8. The number of aromatic nitrogens is 8. The first-order chi connectivity index (χ1) is 20.6. The SMILES string of the molecule is CCc1nnc(C(C)Cl)o1.Cc1nnc(C(C)Cl)o1.Cc1nnc(CCl)s1.Fc1ccccc1CSc1nnc(CCl)o1. The zero-order valence-corrected chi connectivity index (χ0v) is 28.5. The normalized spacial score (nSPS) is 11.8. The van der Waals surface area contributed by atoms with E-state index in [1.54, 1.807) is 39.0 Å². The van der Waals surface area contributed by atoms with E-state index < -0.39 is 0 Å². The van der Waals surface area contributed by atoms with E-state index in [1.165, 1.54) is 29.2 Å². The van der Waals surface area contributed by atoms with Gasteiger partial charge in [0.1, 0.15) is 32.5 Å². The van der Waals surface area contributed by atoms with Gasteiger partial charge < -0.3 is 13.3 Å². The third-order valence-electron chi connectivity index (χ3n) is 4.56. The van der Waals surface area contributed by atoms with Gasteiger partial charge in [0.05, 0.1) is 5.88 Å². The summed E-state index contributed by atoms with van der Waals surface area (Å²) in [7, 11) is 0. The average Bonchev–Trinajstić information content (AvgIpc) is 3.81. The number of halogens is 5. The molecule has 0 saturated carbocycles. The van der Waals surface area contributed by atoms with E-state index in [0.29, 0.717) is 51.9 Å². The zero-order chi connectivity index (χ0) is 31.8. The van der Waals surface area contributed by atoms with Gasteiger partial charge >= 0.3 is 0 Å². The topological polar surface area (TPSA) is 143 Å². The summed E-state index contributed by atoms with van der Waals surface area (Å²) >= 11 is 25.1. The Balaban J connectivity index is 0.000000209. The van der Waals surface area contributed by atoms with Crippen molar-refractivity contribution in [1.82, 2.24) is 40.8 Å². The van der Waals surface area contributed by atoms with Crippen LogP contribution in [0, 0.1) is 19.7 Å². The van der Waals surface area contributed by atoms with Crippen molar-refractivity contribution in [2.45, 2.75) is 74.5 Å². The fourth-order valence-electron chi connectivity index (χ4n) is 2.54. The van der Waals surface area contributed by atoms with E-state index in [0.717, 1.165) is 16.4 Å². The van der Waals surface area contributed by atoms with Gasteiger partial charge in [0.25, 0.3) is 5.22 Å². The third-order valence-corrected chi connectivity index (χ3v) is 7.28. The van der Waals surface area contributed by atoms with Gasteiger partial charge in [-0.3, -0.25) is 0 Å². The second-order valence-electron chi connectivity index (χ2n) is 8.10. The number of thioether (sulfide) groups is 1. The summed E-state index contributed by atoms with van der Waals surface area (Å²) in [5.41, 5.74) is 0.609. The predicted octanol–water partition coefficient (Wildman–Crippen LogP) is 8.43. The van der Waals surface area contributed by atoms with Crippen LogP contribution in [0.3, 0.4) is 0 Å². The number of aryl methyl sites for hydroxylation is 3. The van der Waals surface area contributed by atoms with Crippen LogP contribution in [0.25, 0.3) is 0 Å². The van der Waals surface area contributed by atoms with Crippen LogP contribution in [0.15, 0.2) is 42.7 Å². The van der Waals surface area contributed by atoms with E-state index in [2.05, 4.69) is 40.8 Å². The van der Waals surface area contributed by atoms with Gasteiger partial charge in [-0.05, 0) is 32.4 Å². The van der Waals surface area contributed by atoms with Crippen molar-refractivity contribution in [3.05, 3.63) is 75.1 Å². The predicted molar refractivity (Wildman–Crippen MR) is 165 cm³/mol. The van der Waals surface area contributed by atoms with Crippen molar-refractivity contribution in [3.63, 3.8) is 0 Å². The van der Waals surface area contributed by atoms with Crippen molar-refractivity contribution in [2.75, 3.05) is 0 Å². The van der Waals surface area contributed by atoms with Crippen LogP contribution < -0.4 is 0 Å². The minimum Gasteiger partial charge on any atom is -0.424 e. The Morgan fingerprint density at radius 3 is 1.88 bits per heavy atom. The van der Waals surface area contributed by atoms with Gasteiger partial charge in [-0.25, -0.2) is 4.39 Å². The van der Waals surface area contributed by atoms with Gasteiger partial charge in [0.15, 0.2) is 0 Å². The molecule has 1 aromatic carbocycles. The van der Waals surface area contributed by atoms with E-state index in [9.17, 15) is 4.39 Å². The summed E-state index contributed by atoms with van der Waals surface area (Å²) in [4.78, 5) is 0. The largest absolute Gasteiger partial charge is 0.424 e. The lowest BCUT2D eigenvalue weighted by Gasteiger charge is -1.99. The monoisotopic (exact) mass is 712 g/mol. The van der Waals surface area contributed by atoms with Crippen molar-refractivity contribution in [2.24, 2.45) is 0 Å². The molecule has 5 aromatic rings. The lowest BCUT2D eigenvalue weighted by Crippen LogP contribution is -1.86. The molecule has 2 unspecified atom stereocenters. The highest BCUT2D eigenvalue weighted by Crippen LogP contribution is 2.23. The van der Waals surface area contributed by atoms with E-state index in [-0.39, 0.29) is 22.5 Å². The molecule has 0 aliphatic carbocycles. The minimum atomic E-state index is -0.230. The summed E-state index contributed by atoms with van der Waals surface area (Å²) in [5, 5.41) is 31.7. The first-order valence-corrected chi connectivity index (χ1v) is 16.3. The molecule has 2 atom stereocenters. The van der Waals surface area contributed by atoms with Crippen LogP contribution in [-0.4, -0.2) is 40.8 Å². The van der Waals surface area contributed by atoms with E-state index in [1.807, 2.05) is 13.8 Å². The maximum absolute atomic E-state index is 13.3. The van der Waals surface area contributed by atoms with Gasteiger partial charge in [0.2, 0.25) is 29.5 Å². The van der Waals surface area contributed by atoms with Crippen molar-refractivity contribution >= 4 is 69.5 Å². The second kappa shape index (κ2) is 19.8. The second-order valence-corrected chi connectivity index (χ2v) is 12.1. The lowest BCUT2D eigenvalue weighted by atomic mass is 10.2. The molecule has 0 amide bonds. The van der Waals surface area contributed by atoms with Crippen LogP contribution in [0.4, 0.5) is 4.39 Å². The summed E-state index contributed by atoms with van der Waals surface area (Å²) in [6, 6.07) is 6.59. The maximum Gasteiger partial charge on any atom is 0.276 e. The summed E-state index contributed by atoms with van der Waals surface area (Å²) in [5.74, 6) is 3.44. The van der Waals surface area contributed by atoms with E-state index in [4.69, 9.17) is 59.7 Å². The van der Waals surface area contributed by atoms with Gasteiger partial charge in [0, 0.05) is 19.1 Å². The molecule has 18 heteroatoms. The Morgan fingerprint density at radius 2 is 1.47 bits per heavy atom. The molecule has 4 heterocycles. The Hall–Kier alpha value is -2.36. The third kappa shape index (κ3) is 13.9. The molecule has 43 heavy (non-hydrogen) atoms. The molecule has 0 radical (unpaired) electrons. The van der Waals surface area contributed by atoms with E-state index >= 15 is 0 Å². The number of nitrogens with zero attached hydrogens (tertiary/aromatic N) is 8. The molecule has 4 aromatic heterocycles. The number of alkyl halides is 4. The highest BCUT2D eigenvalue weighted by Gasteiger charge is 2.10. The molecule has 0 N–H and O–H groups in total. The maximum atomic E-state index is 13.3. The molecule has 0 aliphatic heterocycles. The highest BCUT2D eigenvalue weighted by molar-refractivity contribution is 7.98. The average molecular weight is 715 g/mol. The summed E-state index contributed by atoms with van der Waals surface area (Å²) in [6.07, 6.45) is 0.761. The molecule has 0 saturated heterocycles. The Bertz CT molecular complexity index is 1480. The van der Waals surface area contributed by atoms with Gasteiger partial charge in [-0.2, -0.15) is 0 Å². The van der Waals surface area contributed by atoms with Crippen LogP contribution in [-0.2, 0) is 23.9 Å². The molecule has 11 nitrogen and oxygen atoms in total. The summed E-state index contributed by atoms with van der Waals surface area (Å²) < 4.78 is 28.6. The van der Waals surface area contributed by atoms with Gasteiger partial charge in [-0.15, -0.1) is 98.5 Å². The van der Waals surface area contributed by atoms with Crippen LogP contribution in [0.5, 0.6) is 0 Å². The molecule has 0 bridgehead atoms. The first-order valence-electron chi connectivity index (χ1n) is 12.6. The number of hydrogen-bond acceptors (Lipinski definition) is 13. The van der Waals surface area contributed by atoms with Crippen LogP contribution >= 0.6 is 69.5 Å². The molecule has 234 valence electrons. The Labute approximate surface area is 276 Å². The quantitative estimate of drug-likeness (QED) is 0.112. The van der Waals surface area contributed by atoms with Gasteiger partial charge in [-0.1, -0.05) is 36.9 Å². The molecular weight excluding hydrogens is 685 g/mol. The highest BCUT2D eigenvalue weighted by atomic mass is 35.5. The van der Waals surface area contributed by atoms with Crippen molar-refractivity contribution < 1.29 is 17.6 Å². The lowest BCUT2D eigenvalue weighted by molar-refractivity contribution is 0.425. The number of hydrogen-bond donors (Lipinski definition) is 0. The van der Waals surface area contributed by atoms with Crippen molar-refractivity contribution in [1.29, 1.82) is 0 Å². The first kappa shape index (κ1) is 36.8. The fraction of sp³-hybridized carbons (Fsp3) is 0.440. The van der Waals surface area contributed by atoms with Crippen LogP contribution in [0.2, 0.25) is 0 Å². The molecule has 5 rings (SSSR count). The molecule has 0 fully saturated rings. The molecule has 0 aliphatic rings. The molecular formula is C25H29Cl4FN8O3S2. The number of benzene rings is 1. The standard InChI is InChI=1S/C10H8ClFN2OS.C6H9ClN2O.C5H7ClN2O.C4H5ClN2S/c11-5-9-13-14-10(15-9)16-6-7-3-1-2-4-8(7)12;1-3-5-8-9-6(10-5)4(2)7;1-3(6)5-8-7-4(2)9-5;1-3-6-7-4(2-5)8-3/h1-4H,5-6H2;4H,3H2,1-2H3;3H,1-2H3;2H2,1H3. The minimum absolute atomic E-state index is 0.187. The molecule has 0 spiro atoms. The summed E-state index contributed by atoms with van der Waals surface area (Å²) in [6.45, 7) is 9.18. The Kier molecular flexibility index (Phi) is 17.0. The Morgan fingerprint density at radius 1 is 0.814 bits per heavy atom. The zero-order valence-electron chi connectivity index (χ0n) is 23.8. The van der Waals surface area contributed by atoms with Crippen LogP contribution in [0.1, 0.15) is 76.6 Å². The smallest absolute Gasteiger partial charge is 0.276 e.